The normalized spacial score (nSPS) is 12.1. The number of pyridine rings is 1. The Morgan fingerprint density at radius 2 is 2.14 bits per heavy atom. The zero-order valence-corrected chi connectivity index (χ0v) is 13.5. The van der Waals surface area contributed by atoms with Crippen molar-refractivity contribution in [1.82, 2.24) is 10.3 Å². The molecule has 0 saturated heterocycles. The number of aromatic nitrogens is 1. The molecule has 0 bridgehead atoms. The molecule has 4 nitrogen and oxygen atoms in total. The van der Waals surface area contributed by atoms with Crippen molar-refractivity contribution in [3.8, 4) is 0 Å². The number of hydrogen-bond acceptors (Lipinski definition) is 4. The van der Waals surface area contributed by atoms with Crippen LogP contribution < -0.4 is 10.6 Å². The van der Waals surface area contributed by atoms with Crippen molar-refractivity contribution in [2.75, 3.05) is 24.4 Å². The van der Waals surface area contributed by atoms with Crippen LogP contribution in [0.2, 0.25) is 0 Å². The van der Waals surface area contributed by atoms with Gasteiger partial charge in [-0.15, -0.1) is 0 Å². The molecular weight excluding hydrogens is 282 g/mol. The van der Waals surface area contributed by atoms with Gasteiger partial charge in [0.1, 0.15) is 5.82 Å². The number of carbonyl (C=O) groups excluding carboxylic acids is 1. The van der Waals surface area contributed by atoms with Crippen LogP contribution in [0.3, 0.4) is 0 Å². The lowest BCUT2D eigenvalue weighted by molar-refractivity contribution is 0.0941. The van der Waals surface area contributed by atoms with Gasteiger partial charge >= 0.3 is 0 Å². The molecule has 1 atom stereocenters. The van der Waals surface area contributed by atoms with Gasteiger partial charge in [0.15, 0.2) is 0 Å². The monoisotopic (exact) mass is 303 g/mol. The summed E-state index contributed by atoms with van der Waals surface area (Å²) in [6, 6.07) is 9.68. The van der Waals surface area contributed by atoms with Crippen LogP contribution in [0.5, 0.6) is 0 Å². The van der Waals surface area contributed by atoms with Crippen LogP contribution in [-0.2, 0) is 0 Å². The van der Waals surface area contributed by atoms with Crippen molar-refractivity contribution in [3.05, 3.63) is 35.9 Å². The summed E-state index contributed by atoms with van der Waals surface area (Å²) >= 11 is 1.79. The topological polar surface area (TPSA) is 54.0 Å². The zero-order valence-electron chi connectivity index (χ0n) is 12.6. The molecule has 1 aromatic carbocycles. The molecule has 1 heterocycles. The molecule has 0 aliphatic heterocycles. The number of nitrogens with zero attached hydrogens (tertiary/aromatic N) is 1. The minimum absolute atomic E-state index is 0.0429. The molecule has 2 rings (SSSR count). The second kappa shape index (κ2) is 7.31. The quantitative estimate of drug-likeness (QED) is 0.861. The third kappa shape index (κ3) is 3.88. The van der Waals surface area contributed by atoms with Crippen LogP contribution in [0.25, 0.3) is 10.9 Å². The van der Waals surface area contributed by atoms with Crippen molar-refractivity contribution >= 4 is 34.4 Å². The van der Waals surface area contributed by atoms with E-state index in [9.17, 15) is 4.79 Å². The predicted molar refractivity (Wildman–Crippen MR) is 91.2 cm³/mol. The number of carbonyl (C=O) groups is 1. The van der Waals surface area contributed by atoms with Gasteiger partial charge in [0.05, 0.1) is 11.1 Å². The van der Waals surface area contributed by atoms with Crippen molar-refractivity contribution in [2.45, 2.75) is 19.4 Å². The zero-order chi connectivity index (χ0) is 15.2. The largest absolute Gasteiger partial charge is 0.373 e. The first-order valence-corrected chi connectivity index (χ1v) is 8.42. The Kier molecular flexibility index (Phi) is 5.44. The number of rotatable bonds is 6. The summed E-state index contributed by atoms with van der Waals surface area (Å²) in [7, 11) is 1.81. The van der Waals surface area contributed by atoms with E-state index in [0.717, 1.165) is 23.1 Å². The average molecular weight is 303 g/mol. The fraction of sp³-hybridized carbons (Fsp3) is 0.375. The van der Waals surface area contributed by atoms with Gasteiger partial charge in [-0.2, -0.15) is 11.8 Å². The second-order valence-electron chi connectivity index (χ2n) is 4.98. The molecule has 1 unspecified atom stereocenters. The highest BCUT2D eigenvalue weighted by Crippen LogP contribution is 2.20. The molecule has 0 fully saturated rings. The fourth-order valence-electron chi connectivity index (χ4n) is 2.16. The number of nitrogens with one attached hydrogen (secondary N) is 2. The minimum Gasteiger partial charge on any atom is -0.373 e. The standard InChI is InChI=1S/C16H21N3OS/c1-11(8-9-21-3)18-16(20)13-10-15(17-2)19-14-7-5-4-6-12(13)14/h4-7,10-11H,8-9H2,1-3H3,(H,17,19)(H,18,20). The molecule has 0 saturated carbocycles. The molecule has 1 aromatic heterocycles. The Labute approximate surface area is 129 Å². The van der Waals surface area contributed by atoms with Crippen LogP contribution >= 0.6 is 11.8 Å². The molecule has 0 aliphatic carbocycles. The number of hydrogen-bond donors (Lipinski definition) is 2. The highest BCUT2D eigenvalue weighted by atomic mass is 32.2. The number of fused-ring (bicyclic) bond motifs is 1. The number of anilines is 1. The number of para-hydroxylation sites is 1. The number of thioether (sulfide) groups is 1. The van der Waals surface area contributed by atoms with E-state index in [1.807, 2.05) is 31.2 Å². The average Bonchev–Trinajstić information content (AvgIpc) is 2.51. The molecule has 1 amide bonds. The molecule has 0 spiro atoms. The highest BCUT2D eigenvalue weighted by molar-refractivity contribution is 7.98. The maximum absolute atomic E-state index is 12.5. The second-order valence-corrected chi connectivity index (χ2v) is 5.96. The van der Waals surface area contributed by atoms with E-state index in [-0.39, 0.29) is 11.9 Å². The first kappa shape index (κ1) is 15.6. The summed E-state index contributed by atoms with van der Waals surface area (Å²) in [6.07, 6.45) is 3.04. The summed E-state index contributed by atoms with van der Waals surface area (Å²) in [6.45, 7) is 2.04. The lowest BCUT2D eigenvalue weighted by Gasteiger charge is -2.15. The van der Waals surface area contributed by atoms with Gasteiger partial charge in [-0.25, -0.2) is 4.98 Å². The van der Waals surface area contributed by atoms with Gasteiger partial charge in [-0.05, 0) is 37.5 Å². The fourth-order valence-corrected chi connectivity index (χ4v) is 2.75. The van der Waals surface area contributed by atoms with Gasteiger partial charge < -0.3 is 10.6 Å². The lowest BCUT2D eigenvalue weighted by Crippen LogP contribution is -2.33. The van der Waals surface area contributed by atoms with E-state index >= 15 is 0 Å². The molecule has 2 N–H and O–H groups in total. The van der Waals surface area contributed by atoms with E-state index in [4.69, 9.17) is 0 Å². The van der Waals surface area contributed by atoms with Crippen molar-refractivity contribution < 1.29 is 4.79 Å². The predicted octanol–water partition coefficient (Wildman–Crippen LogP) is 3.15. The van der Waals surface area contributed by atoms with Crippen LogP contribution in [-0.4, -0.2) is 36.0 Å². The Morgan fingerprint density at radius 3 is 2.86 bits per heavy atom. The van der Waals surface area contributed by atoms with Crippen LogP contribution in [0.1, 0.15) is 23.7 Å². The summed E-state index contributed by atoms with van der Waals surface area (Å²) in [5.74, 6) is 1.70. The molecule has 5 heteroatoms. The highest BCUT2D eigenvalue weighted by Gasteiger charge is 2.14. The van der Waals surface area contributed by atoms with Crippen LogP contribution in [0.15, 0.2) is 30.3 Å². The molecule has 0 aliphatic rings. The summed E-state index contributed by atoms with van der Waals surface area (Å²) in [5.41, 5.74) is 1.49. The van der Waals surface area contributed by atoms with Crippen molar-refractivity contribution in [2.24, 2.45) is 0 Å². The summed E-state index contributed by atoms with van der Waals surface area (Å²) < 4.78 is 0. The maximum atomic E-state index is 12.5. The molecular formula is C16H21N3OS. The molecule has 0 radical (unpaired) electrons. The van der Waals surface area contributed by atoms with E-state index in [1.54, 1.807) is 24.9 Å². The smallest absolute Gasteiger partial charge is 0.252 e. The van der Waals surface area contributed by atoms with Crippen LogP contribution in [0.4, 0.5) is 5.82 Å². The minimum atomic E-state index is -0.0429. The van der Waals surface area contributed by atoms with Gasteiger partial charge in [0.2, 0.25) is 0 Å². The molecule has 112 valence electrons. The van der Waals surface area contributed by atoms with Crippen molar-refractivity contribution in [3.63, 3.8) is 0 Å². The van der Waals surface area contributed by atoms with Gasteiger partial charge in [0, 0.05) is 18.5 Å². The number of amides is 1. The Balaban J connectivity index is 2.29. The van der Waals surface area contributed by atoms with Gasteiger partial charge in [0.25, 0.3) is 5.91 Å². The molecule has 21 heavy (non-hydrogen) atoms. The van der Waals surface area contributed by atoms with E-state index in [2.05, 4.69) is 21.9 Å². The first-order valence-electron chi connectivity index (χ1n) is 7.03. The first-order chi connectivity index (χ1) is 10.2. The Morgan fingerprint density at radius 1 is 1.38 bits per heavy atom. The maximum Gasteiger partial charge on any atom is 0.252 e. The van der Waals surface area contributed by atoms with Gasteiger partial charge in [-0.1, -0.05) is 18.2 Å². The molecule has 2 aromatic rings. The third-order valence-corrected chi connectivity index (χ3v) is 3.99. The Hall–Kier alpha value is -1.75. The van der Waals surface area contributed by atoms with Gasteiger partial charge in [-0.3, -0.25) is 4.79 Å². The SMILES string of the molecule is CNc1cc(C(=O)NC(C)CCSC)c2ccccc2n1. The van der Waals surface area contributed by atoms with Crippen molar-refractivity contribution in [1.29, 1.82) is 0 Å². The van der Waals surface area contributed by atoms with Crippen LogP contribution in [0, 0.1) is 0 Å². The lowest BCUT2D eigenvalue weighted by atomic mass is 10.1. The number of benzene rings is 1. The van der Waals surface area contributed by atoms with E-state index < -0.39 is 0 Å². The van der Waals surface area contributed by atoms with E-state index in [0.29, 0.717) is 11.4 Å². The van der Waals surface area contributed by atoms with E-state index in [1.165, 1.54) is 0 Å². The Bertz CT molecular complexity index is 630. The summed E-state index contributed by atoms with van der Waals surface area (Å²) in [4.78, 5) is 17.0. The summed E-state index contributed by atoms with van der Waals surface area (Å²) in [5, 5.41) is 6.95. The third-order valence-electron chi connectivity index (χ3n) is 3.35.